The van der Waals surface area contributed by atoms with E-state index in [0.29, 0.717) is 5.56 Å². The Hall–Kier alpha value is -1.62. The highest BCUT2D eigenvalue weighted by Gasteiger charge is 2.50. The van der Waals surface area contributed by atoms with Crippen LogP contribution in [0.5, 0.6) is 0 Å². The fourth-order valence-electron chi connectivity index (χ4n) is 2.95. The number of hydrogen-bond donors (Lipinski definition) is 1. The largest absolute Gasteiger partial charge is 0.385 e. The first-order valence-corrected chi connectivity index (χ1v) is 7.45. The second kappa shape index (κ2) is 7.09. The van der Waals surface area contributed by atoms with E-state index >= 15 is 0 Å². The molecule has 1 aromatic rings. The van der Waals surface area contributed by atoms with Crippen LogP contribution >= 0.6 is 0 Å². The molecule has 132 valence electrons. The highest BCUT2D eigenvalue weighted by Crippen LogP contribution is 2.35. The van der Waals surface area contributed by atoms with Crippen LogP contribution in [0.15, 0.2) is 24.3 Å². The number of benzene rings is 1. The molecule has 0 amide bonds. The molecule has 2 aliphatic rings. The van der Waals surface area contributed by atoms with E-state index in [0.717, 1.165) is 0 Å². The molecule has 2 heterocycles. The van der Waals surface area contributed by atoms with Gasteiger partial charge in [-0.15, -0.1) is 0 Å². The highest BCUT2D eigenvalue weighted by atomic mass is 16.8. The molecule has 1 aromatic carbocycles. The number of nitro groups is 1. The second-order valence-electron chi connectivity index (χ2n) is 5.58. The molecule has 0 aromatic heterocycles. The third kappa shape index (κ3) is 3.14. The van der Waals surface area contributed by atoms with Gasteiger partial charge in [-0.05, 0) is 12.1 Å². The van der Waals surface area contributed by atoms with Crippen molar-refractivity contribution in [2.75, 3.05) is 20.8 Å². The summed E-state index contributed by atoms with van der Waals surface area (Å²) in [5.74, 6) is 0. The van der Waals surface area contributed by atoms with Crippen LogP contribution < -0.4 is 0 Å². The molecule has 0 aliphatic carbocycles. The summed E-state index contributed by atoms with van der Waals surface area (Å²) in [5, 5.41) is 21.0. The molecule has 3 rings (SSSR count). The number of fused-ring (bicyclic) bond motifs is 1. The lowest BCUT2D eigenvalue weighted by atomic mass is 9.97. The standard InChI is InChI=1S/C15H19NO8/c1-20-13-11(17)15(21-2)23-10-7-22-14(24-12(10)13)8-3-5-9(6-4-8)16(18)19/h3-6,10-15,17H,7H2,1-2H3/t10-,11+,12+,13+,14?,15-/m1/s1. The zero-order valence-corrected chi connectivity index (χ0v) is 13.2. The molecule has 1 unspecified atom stereocenters. The topological polar surface area (TPSA) is 110 Å². The minimum Gasteiger partial charge on any atom is -0.385 e. The van der Waals surface area contributed by atoms with Gasteiger partial charge in [0, 0.05) is 31.9 Å². The van der Waals surface area contributed by atoms with E-state index in [2.05, 4.69) is 0 Å². The van der Waals surface area contributed by atoms with Crippen molar-refractivity contribution in [3.63, 3.8) is 0 Å². The summed E-state index contributed by atoms with van der Waals surface area (Å²) in [7, 11) is 2.91. The first kappa shape index (κ1) is 17.2. The molecule has 9 heteroatoms. The monoisotopic (exact) mass is 341 g/mol. The Bertz CT molecular complexity index is 579. The molecule has 0 saturated carbocycles. The number of nitro benzene ring substituents is 1. The molecule has 2 aliphatic heterocycles. The molecule has 0 radical (unpaired) electrons. The smallest absolute Gasteiger partial charge is 0.269 e. The van der Waals surface area contributed by atoms with Crippen LogP contribution in [0, 0.1) is 10.1 Å². The third-order valence-electron chi connectivity index (χ3n) is 4.19. The average Bonchev–Trinajstić information content (AvgIpc) is 2.61. The molecule has 0 spiro atoms. The lowest BCUT2D eigenvalue weighted by Gasteiger charge is -2.47. The summed E-state index contributed by atoms with van der Waals surface area (Å²) >= 11 is 0. The van der Waals surface area contributed by atoms with Gasteiger partial charge >= 0.3 is 0 Å². The van der Waals surface area contributed by atoms with Gasteiger partial charge in [-0.3, -0.25) is 10.1 Å². The van der Waals surface area contributed by atoms with Crippen molar-refractivity contribution >= 4 is 5.69 Å². The second-order valence-corrected chi connectivity index (χ2v) is 5.58. The lowest BCUT2D eigenvalue weighted by molar-refractivity contribution is -0.385. The molecular weight excluding hydrogens is 322 g/mol. The number of nitrogens with zero attached hydrogens (tertiary/aromatic N) is 1. The first-order valence-electron chi connectivity index (χ1n) is 7.45. The van der Waals surface area contributed by atoms with E-state index in [1.54, 1.807) is 12.1 Å². The van der Waals surface area contributed by atoms with Crippen molar-refractivity contribution < 1.29 is 33.7 Å². The summed E-state index contributed by atoms with van der Waals surface area (Å²) in [4.78, 5) is 10.3. The minimum absolute atomic E-state index is 0.0124. The quantitative estimate of drug-likeness (QED) is 0.631. The van der Waals surface area contributed by atoms with Crippen LogP contribution in [-0.4, -0.2) is 61.6 Å². The van der Waals surface area contributed by atoms with Crippen LogP contribution in [0.2, 0.25) is 0 Å². The molecule has 2 saturated heterocycles. The number of aliphatic hydroxyl groups is 1. The average molecular weight is 341 g/mol. The van der Waals surface area contributed by atoms with E-state index in [4.69, 9.17) is 23.7 Å². The molecule has 0 bridgehead atoms. The Morgan fingerprint density at radius 1 is 1.21 bits per heavy atom. The van der Waals surface area contributed by atoms with Crippen molar-refractivity contribution in [1.29, 1.82) is 0 Å². The first-order chi connectivity index (χ1) is 11.5. The van der Waals surface area contributed by atoms with Crippen molar-refractivity contribution in [2.45, 2.75) is 37.0 Å². The molecular formula is C15H19NO8. The van der Waals surface area contributed by atoms with Gasteiger partial charge in [0.2, 0.25) is 0 Å². The number of non-ortho nitro benzene ring substituents is 1. The Kier molecular flexibility index (Phi) is 5.09. The predicted octanol–water partition coefficient (Wildman–Crippen LogP) is 0.756. The summed E-state index contributed by atoms with van der Waals surface area (Å²) in [5.41, 5.74) is 0.624. The summed E-state index contributed by atoms with van der Waals surface area (Å²) in [6.45, 7) is 0.221. The molecule has 1 N–H and O–H groups in total. The van der Waals surface area contributed by atoms with Gasteiger partial charge in [0.25, 0.3) is 5.69 Å². The zero-order valence-electron chi connectivity index (χ0n) is 13.2. The highest BCUT2D eigenvalue weighted by molar-refractivity contribution is 5.33. The van der Waals surface area contributed by atoms with Crippen LogP contribution in [0.3, 0.4) is 0 Å². The predicted molar refractivity (Wildman–Crippen MR) is 79.1 cm³/mol. The Balaban J connectivity index is 1.75. The summed E-state index contributed by atoms with van der Waals surface area (Å²) in [6.07, 6.45) is -4.18. The van der Waals surface area contributed by atoms with Gasteiger partial charge in [0.05, 0.1) is 11.5 Å². The molecule has 2 fully saturated rings. The Morgan fingerprint density at radius 3 is 2.50 bits per heavy atom. The minimum atomic E-state index is -1.00. The van der Waals surface area contributed by atoms with Gasteiger partial charge in [0.1, 0.15) is 24.4 Å². The van der Waals surface area contributed by atoms with Gasteiger partial charge in [-0.1, -0.05) is 0 Å². The molecule has 9 nitrogen and oxygen atoms in total. The van der Waals surface area contributed by atoms with E-state index in [9.17, 15) is 15.2 Å². The van der Waals surface area contributed by atoms with E-state index in [1.165, 1.54) is 26.4 Å². The van der Waals surface area contributed by atoms with Crippen LogP contribution in [0.4, 0.5) is 5.69 Å². The van der Waals surface area contributed by atoms with Crippen LogP contribution in [-0.2, 0) is 23.7 Å². The van der Waals surface area contributed by atoms with Gasteiger partial charge < -0.3 is 28.8 Å². The number of methoxy groups -OCH3 is 2. The maximum atomic E-state index is 10.7. The Labute approximate surface area is 138 Å². The van der Waals surface area contributed by atoms with Gasteiger partial charge in [-0.25, -0.2) is 0 Å². The fourth-order valence-corrected chi connectivity index (χ4v) is 2.95. The van der Waals surface area contributed by atoms with Crippen LogP contribution in [0.25, 0.3) is 0 Å². The SMILES string of the molecule is CO[C@@H]1O[C@@H]2COC(c3ccc([N+](=O)[O-])cc3)O[C@@H]2[C@@H](OC)[C@@H]1O. The van der Waals surface area contributed by atoms with Crippen molar-refractivity contribution in [3.8, 4) is 0 Å². The van der Waals surface area contributed by atoms with E-state index in [1.807, 2.05) is 0 Å². The fraction of sp³-hybridized carbons (Fsp3) is 0.600. The number of rotatable bonds is 4. The number of ether oxygens (including phenoxy) is 5. The summed E-state index contributed by atoms with van der Waals surface area (Å²) in [6, 6.07) is 5.91. The van der Waals surface area contributed by atoms with Gasteiger partial charge in [0.15, 0.2) is 12.6 Å². The van der Waals surface area contributed by atoms with Crippen molar-refractivity contribution in [2.24, 2.45) is 0 Å². The van der Waals surface area contributed by atoms with Crippen molar-refractivity contribution in [3.05, 3.63) is 39.9 Å². The third-order valence-corrected chi connectivity index (χ3v) is 4.19. The zero-order chi connectivity index (χ0) is 17.3. The van der Waals surface area contributed by atoms with Gasteiger partial charge in [-0.2, -0.15) is 0 Å². The van der Waals surface area contributed by atoms with E-state index < -0.39 is 41.9 Å². The van der Waals surface area contributed by atoms with E-state index in [-0.39, 0.29) is 12.3 Å². The molecule has 24 heavy (non-hydrogen) atoms. The maximum absolute atomic E-state index is 10.7. The summed E-state index contributed by atoms with van der Waals surface area (Å²) < 4.78 is 27.6. The normalized spacial score (nSPS) is 36.1. The molecule has 6 atom stereocenters. The van der Waals surface area contributed by atoms with Crippen molar-refractivity contribution in [1.82, 2.24) is 0 Å². The number of aliphatic hydroxyl groups excluding tert-OH is 1. The number of hydrogen-bond acceptors (Lipinski definition) is 8. The van der Waals surface area contributed by atoms with Crippen LogP contribution in [0.1, 0.15) is 11.9 Å². The Morgan fingerprint density at radius 2 is 1.92 bits per heavy atom. The maximum Gasteiger partial charge on any atom is 0.269 e. The lowest BCUT2D eigenvalue weighted by Crippen LogP contribution is -2.62.